The monoisotopic (exact) mass is 985 g/mol. The number of aromatic hydroxyl groups is 1. The number of benzene rings is 1. The third-order valence-corrected chi connectivity index (χ3v) is 21.0. The van der Waals surface area contributed by atoms with Crippen LogP contribution in [-0.2, 0) is 23.9 Å². The molecule has 71 heavy (non-hydrogen) atoms. The Labute approximate surface area is 421 Å². The summed E-state index contributed by atoms with van der Waals surface area (Å²) in [5, 5.41) is 62.8. The molecule has 5 heterocycles. The van der Waals surface area contributed by atoms with Crippen molar-refractivity contribution in [3.63, 3.8) is 0 Å². The molecule has 13 nitrogen and oxygen atoms in total. The van der Waals surface area contributed by atoms with E-state index in [1.54, 1.807) is 13.0 Å². The molecule has 1 aromatic rings. The van der Waals surface area contributed by atoms with Gasteiger partial charge in [-0.3, -0.25) is 9.59 Å². The fourth-order valence-electron chi connectivity index (χ4n) is 17.8. The summed E-state index contributed by atoms with van der Waals surface area (Å²) in [7, 11) is 0. The van der Waals surface area contributed by atoms with Crippen LogP contribution in [0, 0.1) is 69.5 Å². The van der Waals surface area contributed by atoms with Gasteiger partial charge < -0.3 is 50.4 Å². The number of aliphatic hydroxyl groups excluding tert-OH is 4. The lowest BCUT2D eigenvalue weighted by molar-refractivity contribution is -0.195. The number of carbonyl (C=O) groups is 3. The van der Waals surface area contributed by atoms with Crippen LogP contribution in [0.1, 0.15) is 184 Å². The number of esters is 2. The SMILES string of the molecule is CC(=O)OC1C(CCC(O)CCCO)C(CC(C)O)CC#CC2CC3c4c(ccc(O)c4OCC3C3(CO)CCCC3)C2C2(CCNCC2)C2OC(=O)C34CCCCC3CC3(CCCC3CCC12)C(=O)N4. The Bertz CT molecular complexity index is 2170. The summed E-state index contributed by atoms with van der Waals surface area (Å²) in [6.45, 7) is 4.95. The van der Waals surface area contributed by atoms with Gasteiger partial charge in [0.25, 0.3) is 0 Å². The molecule has 0 radical (unpaired) electrons. The molecule has 13 heteroatoms. The number of phenols is 1. The predicted octanol–water partition coefficient (Wildman–Crippen LogP) is 7.32. The number of nitrogens with one attached hydrogen (secondary N) is 2. The maximum atomic E-state index is 16.1. The van der Waals surface area contributed by atoms with Crippen LogP contribution in [0.4, 0.5) is 0 Å². The van der Waals surface area contributed by atoms with Crippen LogP contribution < -0.4 is 15.4 Å². The van der Waals surface area contributed by atoms with Crippen molar-refractivity contribution in [2.45, 2.75) is 203 Å². The molecule has 1 amide bonds. The minimum atomic E-state index is -1.19. The van der Waals surface area contributed by atoms with Crippen molar-refractivity contribution >= 4 is 17.8 Å². The molecular weight excluding hydrogens is 901 g/mol. The molecule has 11 rings (SSSR count). The van der Waals surface area contributed by atoms with Crippen molar-refractivity contribution in [1.82, 2.24) is 10.6 Å². The molecule has 0 aromatic heterocycles. The topological polar surface area (TPSA) is 204 Å². The van der Waals surface area contributed by atoms with Gasteiger partial charge in [-0.15, -0.1) is 5.92 Å². The Morgan fingerprint density at radius 3 is 2.46 bits per heavy atom. The highest BCUT2D eigenvalue weighted by atomic mass is 16.6. The summed E-state index contributed by atoms with van der Waals surface area (Å²) in [4.78, 5) is 45.1. The van der Waals surface area contributed by atoms with Crippen molar-refractivity contribution < 1.29 is 54.1 Å². The van der Waals surface area contributed by atoms with E-state index in [0.29, 0.717) is 109 Å². The van der Waals surface area contributed by atoms with Crippen LogP contribution in [0.25, 0.3) is 0 Å². The third-order valence-electron chi connectivity index (χ3n) is 21.0. The molecule has 15 atom stereocenters. The molecule has 10 aliphatic rings. The van der Waals surface area contributed by atoms with Gasteiger partial charge in [-0.05, 0) is 164 Å². The van der Waals surface area contributed by atoms with Gasteiger partial charge in [0, 0.05) is 72.5 Å². The van der Waals surface area contributed by atoms with Crippen LogP contribution in [-0.4, -0.2) is 106 Å². The van der Waals surface area contributed by atoms with Gasteiger partial charge in [-0.1, -0.05) is 44.1 Å². The van der Waals surface area contributed by atoms with Gasteiger partial charge in [0.15, 0.2) is 11.5 Å². The second-order valence-corrected chi connectivity index (χ2v) is 24.6. The number of fused-ring (bicyclic) bond motifs is 6. The Morgan fingerprint density at radius 2 is 1.72 bits per heavy atom. The normalized spacial score (nSPS) is 38.9. The van der Waals surface area contributed by atoms with Crippen molar-refractivity contribution in [3.8, 4) is 23.3 Å². The zero-order chi connectivity index (χ0) is 49.7. The Morgan fingerprint density at radius 1 is 0.944 bits per heavy atom. The maximum absolute atomic E-state index is 16.1. The van der Waals surface area contributed by atoms with E-state index < -0.39 is 58.6 Å². The Balaban J connectivity index is 1.22. The second-order valence-electron chi connectivity index (χ2n) is 24.6. The number of carbonyl (C=O) groups excluding carboxylic acids is 3. The van der Waals surface area contributed by atoms with Gasteiger partial charge in [0.1, 0.15) is 17.7 Å². The first-order valence-corrected chi connectivity index (χ1v) is 28.3. The van der Waals surface area contributed by atoms with Crippen LogP contribution >= 0.6 is 0 Å². The zero-order valence-corrected chi connectivity index (χ0v) is 42.6. The lowest BCUT2D eigenvalue weighted by Crippen LogP contribution is -2.69. The van der Waals surface area contributed by atoms with Gasteiger partial charge in [0.2, 0.25) is 5.91 Å². The number of aliphatic hydroxyl groups is 4. The predicted molar refractivity (Wildman–Crippen MR) is 266 cm³/mol. The largest absolute Gasteiger partial charge is 0.504 e. The molecule has 3 saturated carbocycles. The van der Waals surface area contributed by atoms with Crippen LogP contribution in [0.15, 0.2) is 12.1 Å². The first-order chi connectivity index (χ1) is 34.3. The van der Waals surface area contributed by atoms with Crippen molar-refractivity contribution in [3.05, 3.63) is 23.3 Å². The molecule has 3 spiro atoms. The van der Waals surface area contributed by atoms with Crippen molar-refractivity contribution in [2.24, 2.45) is 57.7 Å². The van der Waals surface area contributed by atoms with Crippen molar-refractivity contribution in [2.75, 3.05) is 32.9 Å². The van der Waals surface area contributed by atoms with Crippen molar-refractivity contribution in [1.29, 1.82) is 0 Å². The fraction of sp³-hybridized carbons (Fsp3) is 0.810. The molecule has 392 valence electrons. The molecule has 5 aliphatic carbocycles. The molecule has 15 unspecified atom stereocenters. The number of hydrogen-bond acceptors (Lipinski definition) is 12. The lowest BCUT2D eigenvalue weighted by Gasteiger charge is -2.57. The molecule has 7 fully saturated rings. The highest BCUT2D eigenvalue weighted by Gasteiger charge is 2.66. The molecule has 1 aromatic carbocycles. The van der Waals surface area contributed by atoms with Crippen LogP contribution in [0.3, 0.4) is 0 Å². The minimum absolute atomic E-state index is 0.00564. The van der Waals surface area contributed by atoms with E-state index in [1.807, 2.05) is 0 Å². The van der Waals surface area contributed by atoms with Gasteiger partial charge in [-0.25, -0.2) is 4.79 Å². The average Bonchev–Trinajstić information content (AvgIpc) is 4.01. The molecular formula is C58H84N2O11. The van der Waals surface area contributed by atoms with Gasteiger partial charge in [-0.2, -0.15) is 0 Å². The summed E-state index contributed by atoms with van der Waals surface area (Å²) >= 11 is 0. The van der Waals surface area contributed by atoms with Crippen LogP contribution in [0.2, 0.25) is 0 Å². The highest BCUT2D eigenvalue weighted by Crippen LogP contribution is 2.66. The highest BCUT2D eigenvalue weighted by molar-refractivity contribution is 5.93. The summed E-state index contributed by atoms with van der Waals surface area (Å²) < 4.78 is 21.2. The Kier molecular flexibility index (Phi) is 14.9. The first kappa shape index (κ1) is 51.1. The van der Waals surface area contributed by atoms with E-state index in [1.165, 1.54) is 6.92 Å². The number of hydrogen-bond donors (Lipinski definition) is 7. The van der Waals surface area contributed by atoms with Gasteiger partial charge in [0.05, 0.1) is 24.2 Å². The van der Waals surface area contributed by atoms with E-state index in [2.05, 4.69) is 28.5 Å². The molecule has 2 bridgehead atoms. The molecule has 4 saturated heterocycles. The van der Waals surface area contributed by atoms with E-state index in [9.17, 15) is 35.1 Å². The number of rotatable bonds is 11. The third kappa shape index (κ3) is 9.01. The van der Waals surface area contributed by atoms with Gasteiger partial charge >= 0.3 is 11.9 Å². The lowest BCUT2D eigenvalue weighted by atomic mass is 9.50. The number of piperidine rings is 2. The number of ether oxygens (including phenoxy) is 3. The zero-order valence-electron chi connectivity index (χ0n) is 42.6. The van der Waals surface area contributed by atoms with Crippen LogP contribution in [0.5, 0.6) is 11.5 Å². The quantitative estimate of drug-likeness (QED) is 0.0861. The fourth-order valence-corrected chi connectivity index (χ4v) is 17.8. The summed E-state index contributed by atoms with van der Waals surface area (Å²) in [6.07, 6.45) is 12.9. The average molecular weight is 985 g/mol. The van der Waals surface area contributed by atoms with E-state index in [-0.39, 0.29) is 77.7 Å². The smallest absolute Gasteiger partial charge is 0.332 e. The summed E-state index contributed by atoms with van der Waals surface area (Å²) in [5.41, 5.74) is -0.877. The number of amides is 1. The van der Waals surface area contributed by atoms with E-state index in [4.69, 9.17) is 14.2 Å². The number of phenolic OH excluding ortho intramolecular Hbond substituents is 1. The second kappa shape index (κ2) is 20.7. The Hall–Kier alpha value is -3.41. The standard InChI is InChI=1S/C58H84N2O11/c1-35(63)30-37-10-7-11-38-31-45-46(55(34-62)21-5-6-22-55)33-69-51-47(66)20-19-43(48(45)51)49(38)56(25-27-59-28-26-56)52-44(50(70-36(2)64)42(37)18-16-41(65)14-9-29-61)17-15-39-13-8-23-57(39)32-40-12-3-4-24-58(40,54(68)71-52)60-53(57)67/h19-20,35,37-42,44-46,49-50,52,59,61-63,65-66H,3-6,8-10,12-18,21-34H2,1-2H3,(H,60,67). The van der Waals surface area contributed by atoms with E-state index >= 15 is 4.79 Å². The summed E-state index contributed by atoms with van der Waals surface area (Å²) in [6, 6.07) is 3.84. The summed E-state index contributed by atoms with van der Waals surface area (Å²) in [5.74, 6) is 5.62. The van der Waals surface area contributed by atoms with E-state index in [0.717, 1.165) is 75.3 Å². The molecule has 7 N–H and O–H groups in total. The maximum Gasteiger partial charge on any atom is 0.332 e. The molecule has 5 aliphatic heterocycles. The first-order valence-electron chi connectivity index (χ1n) is 28.3. The minimum Gasteiger partial charge on any atom is -0.504 e.